The molecule has 2 aromatic carbocycles. The smallest absolute Gasteiger partial charge is 0.395 e. The highest BCUT2D eigenvalue weighted by Crippen LogP contribution is 2.21. The second kappa shape index (κ2) is 6.71. The highest BCUT2D eigenvalue weighted by molar-refractivity contribution is 5.67. The first-order valence-electron chi connectivity index (χ1n) is 6.73. The molecule has 0 bridgehead atoms. The molecule has 0 N–H and O–H groups in total. The predicted octanol–water partition coefficient (Wildman–Crippen LogP) is 4.04. The highest BCUT2D eigenvalue weighted by atomic mass is 16.7. The van der Waals surface area contributed by atoms with E-state index < -0.39 is 11.1 Å². The maximum absolute atomic E-state index is 11.7. The highest BCUT2D eigenvalue weighted by Gasteiger charge is 2.11. The zero-order valence-electron chi connectivity index (χ0n) is 12.2. The summed E-state index contributed by atoms with van der Waals surface area (Å²) in [5, 5.41) is 10.5. The Hall–Kier alpha value is -2.89. The molecule has 0 aromatic heterocycles. The summed E-state index contributed by atoms with van der Waals surface area (Å²) < 4.78 is 10.1. The van der Waals surface area contributed by atoms with E-state index in [0.29, 0.717) is 5.75 Å². The maximum Gasteiger partial charge on any atom is 0.519 e. The molecule has 114 valence electrons. The van der Waals surface area contributed by atoms with Crippen LogP contribution >= 0.6 is 0 Å². The topological polar surface area (TPSA) is 78.7 Å². The molecule has 0 amide bonds. The zero-order chi connectivity index (χ0) is 16.1. The maximum atomic E-state index is 11.7. The lowest BCUT2D eigenvalue weighted by molar-refractivity contribution is -0.384. The fourth-order valence-electron chi connectivity index (χ4n) is 1.89. The molecule has 6 heteroatoms. The van der Waals surface area contributed by atoms with Crippen LogP contribution in [0.1, 0.15) is 18.1 Å². The van der Waals surface area contributed by atoms with Crippen LogP contribution in [0.25, 0.3) is 0 Å². The predicted molar refractivity (Wildman–Crippen MR) is 80.3 cm³/mol. The first kappa shape index (κ1) is 15.5. The standard InChI is InChI=1S/C16H15NO5/c1-3-12-4-9-15(11(2)10-12)22-16(18)21-14-7-5-13(6-8-14)17(19)20/h4-10H,3H2,1-2H3. The average molecular weight is 301 g/mol. The number of hydrogen-bond acceptors (Lipinski definition) is 5. The molecule has 2 aromatic rings. The van der Waals surface area contributed by atoms with E-state index in [1.165, 1.54) is 24.3 Å². The number of nitro benzene ring substituents is 1. The Bertz CT molecular complexity index is 694. The summed E-state index contributed by atoms with van der Waals surface area (Å²) in [5.74, 6) is 0.600. The van der Waals surface area contributed by atoms with Crippen molar-refractivity contribution in [2.45, 2.75) is 20.3 Å². The molecular formula is C16H15NO5. The number of hydrogen-bond donors (Lipinski definition) is 0. The molecule has 0 heterocycles. The molecule has 6 nitrogen and oxygen atoms in total. The minimum Gasteiger partial charge on any atom is -0.395 e. The van der Waals surface area contributed by atoms with E-state index in [2.05, 4.69) is 0 Å². The van der Waals surface area contributed by atoms with Gasteiger partial charge in [-0.25, -0.2) is 4.79 Å². The summed E-state index contributed by atoms with van der Waals surface area (Å²) in [6, 6.07) is 10.7. The van der Waals surface area contributed by atoms with Gasteiger partial charge in [0.1, 0.15) is 11.5 Å². The molecule has 0 spiro atoms. The SMILES string of the molecule is CCc1ccc(OC(=O)Oc2ccc([N+](=O)[O-])cc2)c(C)c1. The van der Waals surface area contributed by atoms with Gasteiger partial charge < -0.3 is 9.47 Å². The molecule has 0 saturated heterocycles. The molecule has 0 aliphatic rings. The van der Waals surface area contributed by atoms with E-state index in [9.17, 15) is 14.9 Å². The molecule has 0 fully saturated rings. The van der Waals surface area contributed by atoms with Crippen molar-refractivity contribution in [2.24, 2.45) is 0 Å². The van der Waals surface area contributed by atoms with Crippen LogP contribution in [-0.2, 0) is 6.42 Å². The minimum absolute atomic E-state index is 0.0771. The lowest BCUT2D eigenvalue weighted by Crippen LogP contribution is -2.14. The van der Waals surface area contributed by atoms with E-state index in [0.717, 1.165) is 17.5 Å². The van der Waals surface area contributed by atoms with E-state index in [-0.39, 0.29) is 11.4 Å². The second-order valence-electron chi connectivity index (χ2n) is 4.66. The van der Waals surface area contributed by atoms with Gasteiger partial charge >= 0.3 is 6.16 Å². The Morgan fingerprint density at radius 3 is 2.36 bits per heavy atom. The van der Waals surface area contributed by atoms with E-state index in [1.807, 2.05) is 26.0 Å². The van der Waals surface area contributed by atoms with Gasteiger partial charge in [-0.2, -0.15) is 0 Å². The van der Waals surface area contributed by atoms with Crippen molar-refractivity contribution in [3.05, 3.63) is 63.7 Å². The Balaban J connectivity index is 2.02. The quantitative estimate of drug-likeness (QED) is 0.368. The molecule has 0 aliphatic carbocycles. The van der Waals surface area contributed by atoms with Gasteiger partial charge in [0.2, 0.25) is 0 Å². The van der Waals surface area contributed by atoms with Crippen LogP contribution in [0.4, 0.5) is 10.5 Å². The van der Waals surface area contributed by atoms with Crippen molar-refractivity contribution >= 4 is 11.8 Å². The van der Waals surface area contributed by atoms with Crippen LogP contribution in [0, 0.1) is 17.0 Å². The third-order valence-electron chi connectivity index (χ3n) is 3.09. The summed E-state index contributed by atoms with van der Waals surface area (Å²) in [6.07, 6.45) is 0.00941. The summed E-state index contributed by atoms with van der Waals surface area (Å²) >= 11 is 0. The number of nitro groups is 1. The fourth-order valence-corrected chi connectivity index (χ4v) is 1.89. The molecule has 0 saturated carbocycles. The summed E-state index contributed by atoms with van der Waals surface area (Å²) in [5.41, 5.74) is 1.90. The van der Waals surface area contributed by atoms with Gasteiger partial charge in [-0.1, -0.05) is 19.1 Å². The molecule has 2 rings (SSSR count). The minimum atomic E-state index is -0.888. The van der Waals surface area contributed by atoms with Crippen LogP contribution in [-0.4, -0.2) is 11.1 Å². The van der Waals surface area contributed by atoms with Gasteiger partial charge in [0, 0.05) is 12.1 Å². The van der Waals surface area contributed by atoms with Gasteiger partial charge in [-0.05, 0) is 42.7 Å². The van der Waals surface area contributed by atoms with E-state index >= 15 is 0 Å². The Morgan fingerprint density at radius 2 is 1.82 bits per heavy atom. The van der Waals surface area contributed by atoms with Crippen molar-refractivity contribution < 1.29 is 19.2 Å². The van der Waals surface area contributed by atoms with Crippen molar-refractivity contribution in [3.8, 4) is 11.5 Å². The summed E-state index contributed by atoms with van der Waals surface area (Å²) in [6.45, 7) is 3.88. The Labute approximate surface area is 127 Å². The average Bonchev–Trinajstić information content (AvgIpc) is 2.49. The number of aryl methyl sites for hydroxylation is 2. The van der Waals surface area contributed by atoms with Gasteiger partial charge in [0.05, 0.1) is 4.92 Å². The number of carbonyl (C=O) groups excluding carboxylic acids is 1. The van der Waals surface area contributed by atoms with Crippen LogP contribution in [0.15, 0.2) is 42.5 Å². The van der Waals surface area contributed by atoms with Crippen LogP contribution in [0.5, 0.6) is 11.5 Å². The lowest BCUT2D eigenvalue weighted by atomic mass is 10.1. The van der Waals surface area contributed by atoms with Crippen LogP contribution in [0.3, 0.4) is 0 Å². The van der Waals surface area contributed by atoms with Gasteiger partial charge in [0.25, 0.3) is 5.69 Å². The van der Waals surface area contributed by atoms with Crippen LogP contribution < -0.4 is 9.47 Å². The third-order valence-corrected chi connectivity index (χ3v) is 3.09. The summed E-state index contributed by atoms with van der Waals surface area (Å²) in [4.78, 5) is 21.7. The Morgan fingerprint density at radius 1 is 1.14 bits per heavy atom. The van der Waals surface area contributed by atoms with E-state index in [1.54, 1.807) is 6.07 Å². The molecule has 0 atom stereocenters. The monoisotopic (exact) mass is 301 g/mol. The van der Waals surface area contributed by atoms with Crippen LogP contribution in [0.2, 0.25) is 0 Å². The van der Waals surface area contributed by atoms with Crippen molar-refractivity contribution in [3.63, 3.8) is 0 Å². The number of carbonyl (C=O) groups is 1. The molecule has 0 aliphatic heterocycles. The number of rotatable bonds is 4. The summed E-state index contributed by atoms with van der Waals surface area (Å²) in [7, 11) is 0. The first-order valence-corrected chi connectivity index (χ1v) is 6.73. The first-order chi connectivity index (χ1) is 10.5. The second-order valence-corrected chi connectivity index (χ2v) is 4.66. The molecular weight excluding hydrogens is 286 g/mol. The van der Waals surface area contributed by atoms with Crippen molar-refractivity contribution in [1.82, 2.24) is 0 Å². The number of benzene rings is 2. The number of nitrogens with zero attached hydrogens (tertiary/aromatic N) is 1. The number of ether oxygens (including phenoxy) is 2. The van der Waals surface area contributed by atoms with Crippen molar-refractivity contribution in [1.29, 1.82) is 0 Å². The zero-order valence-corrected chi connectivity index (χ0v) is 12.2. The normalized spacial score (nSPS) is 10.1. The van der Waals surface area contributed by atoms with Gasteiger partial charge in [-0.3, -0.25) is 10.1 Å². The van der Waals surface area contributed by atoms with Gasteiger partial charge in [-0.15, -0.1) is 0 Å². The largest absolute Gasteiger partial charge is 0.519 e. The van der Waals surface area contributed by atoms with E-state index in [4.69, 9.17) is 9.47 Å². The number of non-ortho nitro benzene ring substituents is 1. The third kappa shape index (κ3) is 3.82. The molecule has 22 heavy (non-hydrogen) atoms. The fraction of sp³-hybridized carbons (Fsp3) is 0.188. The molecule has 0 radical (unpaired) electrons. The lowest BCUT2D eigenvalue weighted by Gasteiger charge is -2.09. The van der Waals surface area contributed by atoms with Gasteiger partial charge in [0.15, 0.2) is 0 Å². The van der Waals surface area contributed by atoms with Crippen molar-refractivity contribution in [2.75, 3.05) is 0 Å². The molecule has 0 unspecified atom stereocenters. The Kier molecular flexibility index (Phi) is 4.73.